The molecule has 0 aliphatic carbocycles. The third-order valence-corrected chi connectivity index (χ3v) is 6.33. The third-order valence-electron chi connectivity index (χ3n) is 4.58. The highest BCUT2D eigenvalue weighted by Crippen LogP contribution is 2.22. The van der Waals surface area contributed by atoms with E-state index in [1.54, 1.807) is 20.0 Å². The number of para-hydroxylation sites is 1. The summed E-state index contributed by atoms with van der Waals surface area (Å²) < 4.78 is 23.4. The maximum absolute atomic E-state index is 12.8. The van der Waals surface area contributed by atoms with Gasteiger partial charge < -0.3 is 9.80 Å². The molecular formula is C18H22N4O3S. The van der Waals surface area contributed by atoms with Gasteiger partial charge in [-0.15, -0.1) is 0 Å². The molecule has 0 saturated carbocycles. The van der Waals surface area contributed by atoms with E-state index < -0.39 is 9.84 Å². The van der Waals surface area contributed by atoms with Crippen LogP contribution in [-0.2, 0) is 9.84 Å². The predicted octanol–water partition coefficient (Wildman–Crippen LogP) is 1.81. The second-order valence-electron chi connectivity index (χ2n) is 6.56. The molecule has 1 unspecified atom stereocenters. The lowest BCUT2D eigenvalue weighted by atomic mass is 10.2. The van der Waals surface area contributed by atoms with Crippen molar-refractivity contribution < 1.29 is 13.2 Å². The van der Waals surface area contributed by atoms with E-state index in [2.05, 4.69) is 9.97 Å². The van der Waals surface area contributed by atoms with E-state index in [1.165, 1.54) is 4.90 Å². The van der Waals surface area contributed by atoms with Crippen LogP contribution in [0, 0.1) is 6.92 Å². The first-order valence-electron chi connectivity index (χ1n) is 8.39. The summed E-state index contributed by atoms with van der Waals surface area (Å²) in [5.74, 6) is 0.267. The van der Waals surface area contributed by atoms with E-state index >= 15 is 0 Å². The summed E-state index contributed by atoms with van der Waals surface area (Å²) in [6.45, 7) is 1.81. The normalized spacial score (nSPS) is 18.5. The summed E-state index contributed by atoms with van der Waals surface area (Å²) in [4.78, 5) is 25.0. The van der Waals surface area contributed by atoms with Crippen LogP contribution in [0.15, 0.2) is 36.4 Å². The Morgan fingerprint density at radius 1 is 1.15 bits per heavy atom. The summed E-state index contributed by atoms with van der Waals surface area (Å²) in [6.07, 6.45) is 0.464. The molecule has 1 fully saturated rings. The van der Waals surface area contributed by atoms with E-state index in [9.17, 15) is 13.2 Å². The zero-order chi connectivity index (χ0) is 18.9. The number of carbonyl (C=O) groups is 1. The van der Waals surface area contributed by atoms with Gasteiger partial charge >= 0.3 is 0 Å². The molecule has 0 spiro atoms. The summed E-state index contributed by atoms with van der Waals surface area (Å²) >= 11 is 0. The highest BCUT2D eigenvalue weighted by molar-refractivity contribution is 7.91. The third kappa shape index (κ3) is 3.85. The van der Waals surface area contributed by atoms with Crippen molar-refractivity contribution in [2.75, 3.05) is 30.5 Å². The topological polar surface area (TPSA) is 83.5 Å². The fourth-order valence-electron chi connectivity index (χ4n) is 3.01. The lowest BCUT2D eigenvalue weighted by molar-refractivity contribution is 0.0741. The van der Waals surface area contributed by atoms with Crippen LogP contribution >= 0.6 is 0 Å². The van der Waals surface area contributed by atoms with E-state index in [4.69, 9.17) is 0 Å². The quantitative estimate of drug-likeness (QED) is 0.812. The Bertz CT molecular complexity index is 915. The van der Waals surface area contributed by atoms with Crippen LogP contribution in [-0.4, -0.2) is 60.8 Å². The molecule has 138 valence electrons. The molecule has 3 rings (SSSR count). The molecule has 1 atom stereocenters. The molecule has 0 radical (unpaired) electrons. The molecule has 0 N–H and O–H groups in total. The Balaban J connectivity index is 1.86. The number of hydrogen-bond acceptors (Lipinski definition) is 6. The number of nitrogens with zero attached hydrogens (tertiary/aromatic N) is 4. The average Bonchev–Trinajstić information content (AvgIpc) is 3.00. The van der Waals surface area contributed by atoms with Crippen LogP contribution in [0.3, 0.4) is 0 Å². The molecular weight excluding hydrogens is 352 g/mol. The predicted molar refractivity (Wildman–Crippen MR) is 100 cm³/mol. The van der Waals surface area contributed by atoms with Gasteiger partial charge in [-0.1, -0.05) is 18.2 Å². The Labute approximate surface area is 153 Å². The molecule has 26 heavy (non-hydrogen) atoms. The van der Waals surface area contributed by atoms with Gasteiger partial charge in [0.25, 0.3) is 5.91 Å². The van der Waals surface area contributed by atoms with Crippen molar-refractivity contribution in [3.05, 3.63) is 47.8 Å². The number of amides is 1. The molecule has 1 aromatic heterocycles. The zero-order valence-electron chi connectivity index (χ0n) is 15.1. The van der Waals surface area contributed by atoms with Crippen molar-refractivity contribution >= 4 is 27.4 Å². The molecule has 7 nitrogen and oxygen atoms in total. The number of benzene rings is 1. The maximum Gasteiger partial charge on any atom is 0.272 e. The molecule has 2 heterocycles. The van der Waals surface area contributed by atoms with Gasteiger partial charge in [-0.2, -0.15) is 0 Å². The molecule has 1 amide bonds. The number of aryl methyl sites for hydroxylation is 1. The summed E-state index contributed by atoms with van der Waals surface area (Å²) in [5, 5.41) is 0. The number of hydrogen-bond donors (Lipinski definition) is 0. The lowest BCUT2D eigenvalue weighted by Crippen LogP contribution is -2.38. The van der Waals surface area contributed by atoms with Gasteiger partial charge in [0.2, 0.25) is 5.95 Å². The van der Waals surface area contributed by atoms with Gasteiger partial charge in [0.15, 0.2) is 9.84 Å². The zero-order valence-corrected chi connectivity index (χ0v) is 15.9. The summed E-state index contributed by atoms with van der Waals surface area (Å²) in [7, 11) is 0.413. The maximum atomic E-state index is 12.8. The molecule has 1 saturated heterocycles. The van der Waals surface area contributed by atoms with E-state index in [0.29, 0.717) is 18.1 Å². The highest BCUT2D eigenvalue weighted by atomic mass is 32.2. The Hall–Kier alpha value is -2.48. The van der Waals surface area contributed by atoms with Crippen molar-refractivity contribution in [2.45, 2.75) is 19.4 Å². The molecule has 1 aliphatic rings. The van der Waals surface area contributed by atoms with Gasteiger partial charge in [0, 0.05) is 31.5 Å². The minimum atomic E-state index is -3.06. The fourth-order valence-corrected chi connectivity index (χ4v) is 4.78. The number of sulfone groups is 1. The van der Waals surface area contributed by atoms with Gasteiger partial charge in [-0.3, -0.25) is 4.79 Å². The minimum Gasteiger partial charge on any atom is -0.336 e. The first-order chi connectivity index (χ1) is 12.3. The Kier molecular flexibility index (Phi) is 4.95. The highest BCUT2D eigenvalue weighted by Gasteiger charge is 2.33. The van der Waals surface area contributed by atoms with E-state index in [-0.39, 0.29) is 29.1 Å². The largest absolute Gasteiger partial charge is 0.336 e. The molecule has 1 aliphatic heterocycles. The van der Waals surface area contributed by atoms with Gasteiger partial charge in [0.05, 0.1) is 11.5 Å². The standard InChI is InChI=1S/C18H22N4O3S/c1-13-11-16(17(23)21(2)15-9-10-26(24,25)12-15)20-18(19-13)22(3)14-7-5-4-6-8-14/h4-8,11,15H,9-10,12H2,1-3H3. The molecule has 1 aromatic carbocycles. The number of aromatic nitrogens is 2. The van der Waals surface area contributed by atoms with Gasteiger partial charge in [-0.05, 0) is 31.5 Å². The molecule has 0 bridgehead atoms. The second-order valence-corrected chi connectivity index (χ2v) is 8.79. The monoisotopic (exact) mass is 374 g/mol. The smallest absolute Gasteiger partial charge is 0.272 e. The van der Waals surface area contributed by atoms with Crippen LogP contribution < -0.4 is 4.90 Å². The Morgan fingerprint density at radius 3 is 2.46 bits per heavy atom. The van der Waals surface area contributed by atoms with Crippen LogP contribution in [0.4, 0.5) is 11.6 Å². The van der Waals surface area contributed by atoms with Crippen molar-refractivity contribution in [3.8, 4) is 0 Å². The van der Waals surface area contributed by atoms with Crippen molar-refractivity contribution in [3.63, 3.8) is 0 Å². The first kappa shape index (κ1) is 18.3. The first-order valence-corrected chi connectivity index (χ1v) is 10.2. The van der Waals surface area contributed by atoms with Crippen LogP contribution in [0.2, 0.25) is 0 Å². The van der Waals surface area contributed by atoms with Crippen LogP contribution in [0.1, 0.15) is 22.6 Å². The second kappa shape index (κ2) is 7.03. The van der Waals surface area contributed by atoms with Crippen molar-refractivity contribution in [1.82, 2.24) is 14.9 Å². The van der Waals surface area contributed by atoms with Crippen LogP contribution in [0.25, 0.3) is 0 Å². The minimum absolute atomic E-state index is 0.0100. The fraction of sp³-hybridized carbons (Fsp3) is 0.389. The van der Waals surface area contributed by atoms with Crippen molar-refractivity contribution in [1.29, 1.82) is 0 Å². The number of anilines is 2. The molecule has 2 aromatic rings. The number of rotatable bonds is 4. The van der Waals surface area contributed by atoms with Gasteiger partial charge in [0.1, 0.15) is 5.69 Å². The summed E-state index contributed by atoms with van der Waals surface area (Å²) in [5.41, 5.74) is 1.85. The van der Waals surface area contributed by atoms with Gasteiger partial charge in [-0.25, -0.2) is 18.4 Å². The molecule has 8 heteroatoms. The lowest BCUT2D eigenvalue weighted by Gasteiger charge is -2.24. The summed E-state index contributed by atoms with van der Waals surface area (Å²) in [6, 6.07) is 11.0. The van der Waals surface area contributed by atoms with E-state index in [0.717, 1.165) is 5.69 Å². The van der Waals surface area contributed by atoms with Crippen LogP contribution in [0.5, 0.6) is 0 Å². The Morgan fingerprint density at radius 2 is 1.85 bits per heavy atom. The SMILES string of the molecule is Cc1cc(C(=O)N(C)C2CCS(=O)(=O)C2)nc(N(C)c2ccccc2)n1. The number of carbonyl (C=O) groups excluding carboxylic acids is 1. The van der Waals surface area contributed by atoms with E-state index in [1.807, 2.05) is 42.3 Å². The van der Waals surface area contributed by atoms with Crippen molar-refractivity contribution in [2.24, 2.45) is 0 Å². The average molecular weight is 374 g/mol.